The summed E-state index contributed by atoms with van der Waals surface area (Å²) in [5.74, 6) is -1.49. The summed E-state index contributed by atoms with van der Waals surface area (Å²) >= 11 is 0. The van der Waals surface area contributed by atoms with Gasteiger partial charge < -0.3 is 5.32 Å². The Labute approximate surface area is 204 Å². The molecule has 0 aliphatic heterocycles. The Morgan fingerprint density at radius 3 is 2.33 bits per heavy atom. The normalized spacial score (nSPS) is 11.3. The summed E-state index contributed by atoms with van der Waals surface area (Å²) < 4.78 is 51.0. The Hall–Kier alpha value is -3.80. The second-order valence-corrected chi connectivity index (χ2v) is 7.85. The van der Waals surface area contributed by atoms with Crippen LogP contribution in [0.2, 0.25) is 0 Å². The fraction of sp³-hybridized carbons (Fsp3) is 0.333. The van der Waals surface area contributed by atoms with Gasteiger partial charge in [-0.2, -0.15) is 13.2 Å². The third-order valence-electron chi connectivity index (χ3n) is 5.10. The number of hydroxylamine groups is 1. The first-order chi connectivity index (χ1) is 17.3. The van der Waals surface area contributed by atoms with E-state index in [1.54, 1.807) is 5.32 Å². The molecular formula is C24H25F4N5O3. The maximum atomic E-state index is 12.7. The van der Waals surface area contributed by atoms with Gasteiger partial charge >= 0.3 is 6.18 Å². The van der Waals surface area contributed by atoms with Gasteiger partial charge in [0.05, 0.1) is 24.7 Å². The lowest BCUT2D eigenvalue weighted by molar-refractivity contribution is -0.123. The summed E-state index contributed by atoms with van der Waals surface area (Å²) in [7, 11) is 0. The van der Waals surface area contributed by atoms with E-state index in [1.807, 2.05) is 30.3 Å². The van der Waals surface area contributed by atoms with E-state index in [0.717, 1.165) is 5.56 Å². The number of nitrogens with zero attached hydrogens (tertiary/aromatic N) is 3. The van der Waals surface area contributed by atoms with Crippen molar-refractivity contribution in [3.8, 4) is 5.69 Å². The highest BCUT2D eigenvalue weighted by molar-refractivity contribution is 5.94. The molecule has 36 heavy (non-hydrogen) atoms. The quantitative estimate of drug-likeness (QED) is 0.219. The number of carbonyl (C=O) groups is 2. The number of halogens is 4. The molecule has 1 aromatic heterocycles. The van der Waals surface area contributed by atoms with Gasteiger partial charge in [0.2, 0.25) is 0 Å². The van der Waals surface area contributed by atoms with Crippen LogP contribution in [0.5, 0.6) is 0 Å². The molecule has 3 aromatic rings. The van der Waals surface area contributed by atoms with Crippen LogP contribution in [0.3, 0.4) is 0 Å². The number of hydrogen-bond donors (Lipinski definition) is 2. The highest BCUT2D eigenvalue weighted by atomic mass is 19.4. The Kier molecular flexibility index (Phi) is 9.51. The highest BCUT2D eigenvalue weighted by Crippen LogP contribution is 2.18. The van der Waals surface area contributed by atoms with Crippen molar-refractivity contribution in [3.63, 3.8) is 0 Å². The number of aromatic nitrogens is 3. The number of benzene rings is 2. The minimum Gasteiger partial charge on any atom is -0.343 e. The van der Waals surface area contributed by atoms with Crippen LogP contribution < -0.4 is 10.8 Å². The summed E-state index contributed by atoms with van der Waals surface area (Å²) in [4.78, 5) is 30.0. The molecule has 0 aliphatic rings. The average molecular weight is 507 g/mol. The molecule has 2 aromatic carbocycles. The fourth-order valence-electron chi connectivity index (χ4n) is 3.32. The van der Waals surface area contributed by atoms with E-state index in [4.69, 9.17) is 4.84 Å². The maximum absolute atomic E-state index is 12.7. The number of amides is 2. The van der Waals surface area contributed by atoms with Crippen LogP contribution in [0.4, 0.5) is 17.6 Å². The van der Waals surface area contributed by atoms with E-state index in [9.17, 15) is 27.2 Å². The predicted molar refractivity (Wildman–Crippen MR) is 122 cm³/mol. The average Bonchev–Trinajstić information content (AvgIpc) is 3.29. The van der Waals surface area contributed by atoms with E-state index in [-0.39, 0.29) is 17.9 Å². The molecule has 2 N–H and O–H groups in total. The topological polar surface area (TPSA) is 98.1 Å². The molecule has 3 rings (SSSR count). The molecule has 8 nitrogen and oxygen atoms in total. The number of rotatable bonds is 12. The van der Waals surface area contributed by atoms with E-state index >= 15 is 0 Å². The number of hydrogen-bond acceptors (Lipinski definition) is 5. The van der Waals surface area contributed by atoms with Gasteiger partial charge in [0.1, 0.15) is 6.54 Å². The van der Waals surface area contributed by atoms with Gasteiger partial charge in [0.15, 0.2) is 5.69 Å². The third-order valence-corrected chi connectivity index (χ3v) is 5.10. The zero-order chi connectivity index (χ0) is 26.0. The summed E-state index contributed by atoms with van der Waals surface area (Å²) in [6, 6.07) is 14.9. The number of alkyl halides is 4. The summed E-state index contributed by atoms with van der Waals surface area (Å²) in [6.07, 6.45) is -2.62. The van der Waals surface area contributed by atoms with Crippen LogP contribution in [0, 0.1) is 0 Å². The monoisotopic (exact) mass is 507 g/mol. The van der Waals surface area contributed by atoms with Crippen molar-refractivity contribution in [3.05, 3.63) is 77.1 Å². The maximum Gasteiger partial charge on any atom is 0.405 e. The predicted octanol–water partition coefficient (Wildman–Crippen LogP) is 4.10. The van der Waals surface area contributed by atoms with Crippen molar-refractivity contribution in [1.82, 2.24) is 25.8 Å². The zero-order valence-electron chi connectivity index (χ0n) is 19.2. The van der Waals surface area contributed by atoms with Crippen molar-refractivity contribution in [2.24, 2.45) is 0 Å². The Morgan fingerprint density at radius 2 is 1.67 bits per heavy atom. The lowest BCUT2D eigenvalue weighted by Gasteiger charge is -2.10. The Balaban J connectivity index is 1.73. The van der Waals surface area contributed by atoms with E-state index < -0.39 is 31.2 Å². The standard InChI is InChI=1S/C24H25F4N5O3/c25-14-6-2-5-9-20-21(23(35)31-36-15-17-7-3-1-4-8-17)30-32-33(20)19-12-10-18(11-13-19)22(34)29-16-24(26,27)28/h1,3-4,7-8,10-13H,2,5-6,9,14-16H2,(H,29,34)(H,31,35). The first kappa shape index (κ1) is 26.8. The van der Waals surface area contributed by atoms with Gasteiger partial charge in [-0.25, -0.2) is 10.2 Å². The fourth-order valence-corrected chi connectivity index (χ4v) is 3.32. The smallest absolute Gasteiger partial charge is 0.343 e. The van der Waals surface area contributed by atoms with Crippen molar-refractivity contribution in [1.29, 1.82) is 0 Å². The Bertz CT molecular complexity index is 1130. The summed E-state index contributed by atoms with van der Waals surface area (Å²) in [6.45, 7) is -1.75. The minimum absolute atomic E-state index is 0.0234. The van der Waals surface area contributed by atoms with Gasteiger partial charge in [-0.3, -0.25) is 18.8 Å². The molecule has 0 unspecified atom stereocenters. The van der Waals surface area contributed by atoms with E-state index in [2.05, 4.69) is 15.8 Å². The lowest BCUT2D eigenvalue weighted by Crippen LogP contribution is -2.33. The first-order valence-corrected chi connectivity index (χ1v) is 11.2. The third kappa shape index (κ3) is 7.87. The van der Waals surface area contributed by atoms with Gasteiger partial charge in [0.25, 0.3) is 11.8 Å². The number of carbonyl (C=O) groups excluding carboxylic acids is 2. The molecule has 0 saturated heterocycles. The van der Waals surface area contributed by atoms with Gasteiger partial charge in [-0.1, -0.05) is 42.0 Å². The molecule has 0 aliphatic carbocycles. The summed E-state index contributed by atoms with van der Waals surface area (Å²) in [5.41, 5.74) is 4.14. The molecule has 12 heteroatoms. The molecule has 0 atom stereocenters. The van der Waals surface area contributed by atoms with Crippen molar-refractivity contribution < 1.29 is 32.0 Å². The van der Waals surface area contributed by atoms with Crippen LogP contribution in [-0.4, -0.2) is 46.2 Å². The summed E-state index contributed by atoms with van der Waals surface area (Å²) in [5, 5.41) is 9.82. The molecule has 1 heterocycles. The van der Waals surface area contributed by atoms with Crippen LogP contribution >= 0.6 is 0 Å². The van der Waals surface area contributed by atoms with Crippen LogP contribution in [0.15, 0.2) is 54.6 Å². The van der Waals surface area contributed by atoms with Crippen LogP contribution in [0.1, 0.15) is 51.4 Å². The van der Waals surface area contributed by atoms with E-state index in [1.165, 1.54) is 28.9 Å². The van der Waals surface area contributed by atoms with Crippen LogP contribution in [-0.2, 0) is 17.9 Å². The molecule has 0 bridgehead atoms. The SMILES string of the molecule is O=C(NCC(F)(F)F)c1ccc(-n2nnc(C(=O)NOCc3ccccc3)c2CCCCCF)cc1. The van der Waals surface area contributed by atoms with Gasteiger partial charge in [-0.15, -0.1) is 5.10 Å². The second kappa shape index (κ2) is 12.8. The molecule has 192 valence electrons. The molecule has 0 fully saturated rings. The van der Waals surface area contributed by atoms with Crippen molar-refractivity contribution in [2.75, 3.05) is 13.2 Å². The Morgan fingerprint density at radius 1 is 0.944 bits per heavy atom. The minimum atomic E-state index is -4.52. The lowest BCUT2D eigenvalue weighted by atomic mass is 10.1. The van der Waals surface area contributed by atoms with Crippen molar-refractivity contribution >= 4 is 11.8 Å². The van der Waals surface area contributed by atoms with E-state index in [0.29, 0.717) is 37.1 Å². The van der Waals surface area contributed by atoms with Crippen LogP contribution in [0.25, 0.3) is 5.69 Å². The van der Waals surface area contributed by atoms with Gasteiger partial charge in [-0.05, 0) is 49.1 Å². The number of unbranched alkanes of at least 4 members (excludes halogenated alkanes) is 2. The molecular weight excluding hydrogens is 482 g/mol. The highest BCUT2D eigenvalue weighted by Gasteiger charge is 2.28. The largest absolute Gasteiger partial charge is 0.405 e. The second-order valence-electron chi connectivity index (χ2n) is 7.85. The van der Waals surface area contributed by atoms with Gasteiger partial charge in [0, 0.05) is 5.56 Å². The first-order valence-electron chi connectivity index (χ1n) is 11.2. The molecule has 0 saturated carbocycles. The molecule has 2 amide bonds. The molecule has 0 radical (unpaired) electrons. The molecule has 0 spiro atoms. The number of nitrogens with one attached hydrogen (secondary N) is 2. The van der Waals surface area contributed by atoms with Crippen molar-refractivity contribution in [2.45, 2.75) is 38.5 Å². The zero-order valence-corrected chi connectivity index (χ0v) is 19.2.